The molecule has 1 aromatic carbocycles. The Morgan fingerprint density at radius 1 is 1.46 bits per heavy atom. The molecule has 1 nitrogen and oxygen atoms in total. The molecule has 0 saturated carbocycles. The average molecular weight is 241 g/mol. The van der Waals surface area contributed by atoms with Crippen molar-refractivity contribution < 1.29 is 4.74 Å². The lowest BCUT2D eigenvalue weighted by molar-refractivity contribution is 0.392. The molecule has 2 rings (SSSR count). The number of benzene rings is 1. The van der Waals surface area contributed by atoms with Crippen LogP contribution in [0.2, 0.25) is 0 Å². The van der Waals surface area contributed by atoms with E-state index in [4.69, 9.17) is 4.74 Å². The first-order valence-corrected chi connectivity index (χ1v) is 5.50. The summed E-state index contributed by atoms with van der Waals surface area (Å²) in [6.07, 6.45) is 4.19. The Morgan fingerprint density at radius 2 is 2.31 bits per heavy atom. The van der Waals surface area contributed by atoms with Crippen LogP contribution in [0.3, 0.4) is 0 Å². The Bertz CT molecular complexity index is 281. The summed E-state index contributed by atoms with van der Waals surface area (Å²) in [5, 5.41) is 0. The fourth-order valence-corrected chi connectivity index (χ4v) is 1.91. The maximum Gasteiger partial charge on any atom is 0.0810 e. The van der Waals surface area contributed by atoms with Crippen LogP contribution in [-0.2, 0) is 11.2 Å². The van der Waals surface area contributed by atoms with Crippen molar-refractivity contribution in [3.63, 3.8) is 0 Å². The van der Waals surface area contributed by atoms with Gasteiger partial charge in [-0.15, -0.1) is 0 Å². The highest BCUT2D eigenvalue weighted by Gasteiger charge is 2.20. The lowest BCUT2D eigenvalue weighted by Gasteiger charge is -2.00. The largest absolute Gasteiger partial charge is 0.373 e. The number of rotatable bonds is 4. The van der Waals surface area contributed by atoms with E-state index in [-0.39, 0.29) is 0 Å². The van der Waals surface area contributed by atoms with Crippen molar-refractivity contribution in [2.75, 3.05) is 6.61 Å². The number of epoxide rings is 1. The van der Waals surface area contributed by atoms with E-state index in [9.17, 15) is 0 Å². The maximum atomic E-state index is 5.16. The normalized spacial score (nSPS) is 20.2. The Balaban J connectivity index is 1.79. The zero-order chi connectivity index (χ0) is 9.10. The van der Waals surface area contributed by atoms with Gasteiger partial charge in [0.1, 0.15) is 0 Å². The minimum Gasteiger partial charge on any atom is -0.373 e. The summed E-state index contributed by atoms with van der Waals surface area (Å²) in [5.74, 6) is 0. The summed E-state index contributed by atoms with van der Waals surface area (Å²) in [6, 6.07) is 8.52. The fraction of sp³-hybridized carbons (Fsp3) is 0.455. The van der Waals surface area contributed by atoms with Crippen LogP contribution in [0.5, 0.6) is 0 Å². The van der Waals surface area contributed by atoms with Crippen LogP contribution >= 0.6 is 15.9 Å². The molecule has 0 aromatic heterocycles. The Morgan fingerprint density at radius 3 is 3.00 bits per heavy atom. The van der Waals surface area contributed by atoms with Gasteiger partial charge < -0.3 is 4.74 Å². The van der Waals surface area contributed by atoms with Gasteiger partial charge in [-0.05, 0) is 37.0 Å². The van der Waals surface area contributed by atoms with Crippen LogP contribution in [0, 0.1) is 0 Å². The van der Waals surface area contributed by atoms with E-state index < -0.39 is 0 Å². The van der Waals surface area contributed by atoms with E-state index in [0.717, 1.165) is 6.61 Å². The molecular weight excluding hydrogens is 228 g/mol. The van der Waals surface area contributed by atoms with Gasteiger partial charge in [0.2, 0.25) is 0 Å². The molecular formula is C11H13BrO. The summed E-state index contributed by atoms with van der Waals surface area (Å²) >= 11 is 3.47. The molecule has 1 aromatic rings. The Labute approximate surface area is 87.2 Å². The summed E-state index contributed by atoms with van der Waals surface area (Å²) in [5.41, 5.74) is 1.41. The van der Waals surface area contributed by atoms with Gasteiger partial charge in [0.25, 0.3) is 0 Å². The molecule has 0 aliphatic carbocycles. The second-order valence-corrected chi connectivity index (χ2v) is 4.39. The first-order chi connectivity index (χ1) is 6.34. The number of ether oxygens (including phenoxy) is 1. The van der Waals surface area contributed by atoms with Gasteiger partial charge in [0.15, 0.2) is 0 Å². The zero-order valence-electron chi connectivity index (χ0n) is 7.50. The molecule has 13 heavy (non-hydrogen) atoms. The monoisotopic (exact) mass is 240 g/mol. The quantitative estimate of drug-likeness (QED) is 0.737. The van der Waals surface area contributed by atoms with Gasteiger partial charge in [0, 0.05) is 4.47 Å². The van der Waals surface area contributed by atoms with Crippen LogP contribution in [0.1, 0.15) is 18.4 Å². The highest BCUT2D eigenvalue weighted by atomic mass is 79.9. The molecule has 1 aliphatic rings. The average Bonchev–Trinajstić information content (AvgIpc) is 2.88. The van der Waals surface area contributed by atoms with Crippen molar-refractivity contribution in [1.82, 2.24) is 0 Å². The minimum absolute atomic E-state index is 0.576. The summed E-state index contributed by atoms with van der Waals surface area (Å²) in [7, 11) is 0. The molecule has 0 radical (unpaired) electrons. The van der Waals surface area contributed by atoms with Crippen LogP contribution in [-0.4, -0.2) is 12.7 Å². The number of aryl methyl sites for hydroxylation is 1. The van der Waals surface area contributed by atoms with Gasteiger partial charge in [-0.3, -0.25) is 0 Å². The zero-order valence-corrected chi connectivity index (χ0v) is 9.09. The third-order valence-electron chi connectivity index (χ3n) is 2.28. The second-order valence-electron chi connectivity index (χ2n) is 3.48. The fourth-order valence-electron chi connectivity index (χ4n) is 1.46. The van der Waals surface area contributed by atoms with Crippen LogP contribution in [0.4, 0.5) is 0 Å². The predicted octanol–water partition coefficient (Wildman–Crippen LogP) is 3.17. The third-order valence-corrected chi connectivity index (χ3v) is 2.78. The Kier molecular flexibility index (Phi) is 3.01. The Hall–Kier alpha value is -0.340. The number of hydrogen-bond acceptors (Lipinski definition) is 1. The molecule has 1 atom stereocenters. The molecule has 0 bridgehead atoms. The van der Waals surface area contributed by atoms with E-state index >= 15 is 0 Å². The van der Waals surface area contributed by atoms with E-state index in [1.54, 1.807) is 0 Å². The molecule has 1 heterocycles. The van der Waals surface area contributed by atoms with Crippen molar-refractivity contribution in [2.45, 2.75) is 25.4 Å². The smallest absolute Gasteiger partial charge is 0.0810 e. The van der Waals surface area contributed by atoms with Gasteiger partial charge >= 0.3 is 0 Å². The van der Waals surface area contributed by atoms with Crippen LogP contribution in [0.15, 0.2) is 28.7 Å². The van der Waals surface area contributed by atoms with Crippen LogP contribution < -0.4 is 0 Å². The van der Waals surface area contributed by atoms with Gasteiger partial charge in [0.05, 0.1) is 12.7 Å². The van der Waals surface area contributed by atoms with E-state index in [1.165, 1.54) is 29.3 Å². The summed E-state index contributed by atoms with van der Waals surface area (Å²) in [6.45, 7) is 0.985. The highest BCUT2D eigenvalue weighted by Crippen LogP contribution is 2.18. The molecule has 0 spiro atoms. The first kappa shape index (κ1) is 9.22. The van der Waals surface area contributed by atoms with Gasteiger partial charge in [-0.1, -0.05) is 28.1 Å². The minimum atomic E-state index is 0.576. The number of halogens is 1. The molecule has 1 saturated heterocycles. The van der Waals surface area contributed by atoms with Gasteiger partial charge in [-0.25, -0.2) is 0 Å². The van der Waals surface area contributed by atoms with Gasteiger partial charge in [-0.2, -0.15) is 0 Å². The lowest BCUT2D eigenvalue weighted by atomic mass is 10.1. The predicted molar refractivity (Wildman–Crippen MR) is 56.8 cm³/mol. The lowest BCUT2D eigenvalue weighted by Crippen LogP contribution is -1.89. The van der Waals surface area contributed by atoms with Crippen molar-refractivity contribution in [2.24, 2.45) is 0 Å². The highest BCUT2D eigenvalue weighted by molar-refractivity contribution is 9.10. The molecule has 2 heteroatoms. The topological polar surface area (TPSA) is 12.5 Å². The molecule has 0 N–H and O–H groups in total. The summed E-state index contributed by atoms with van der Waals surface area (Å²) in [4.78, 5) is 0. The first-order valence-electron chi connectivity index (χ1n) is 4.70. The molecule has 70 valence electrons. The van der Waals surface area contributed by atoms with Crippen molar-refractivity contribution >= 4 is 15.9 Å². The number of hydrogen-bond donors (Lipinski definition) is 0. The van der Waals surface area contributed by atoms with Crippen molar-refractivity contribution in [3.8, 4) is 0 Å². The van der Waals surface area contributed by atoms with Crippen molar-refractivity contribution in [3.05, 3.63) is 34.3 Å². The SMILES string of the molecule is Brc1cccc(CCCC2CO2)c1. The van der Waals surface area contributed by atoms with E-state index in [1.807, 2.05) is 0 Å². The van der Waals surface area contributed by atoms with E-state index in [2.05, 4.69) is 40.2 Å². The molecule has 1 unspecified atom stereocenters. The van der Waals surface area contributed by atoms with Crippen LogP contribution in [0.25, 0.3) is 0 Å². The second kappa shape index (κ2) is 4.25. The maximum absolute atomic E-state index is 5.16. The van der Waals surface area contributed by atoms with E-state index in [0.29, 0.717) is 6.10 Å². The molecule has 0 amide bonds. The summed E-state index contributed by atoms with van der Waals surface area (Å²) < 4.78 is 6.33. The standard InChI is InChI=1S/C11H13BrO/c12-10-5-1-3-9(7-10)4-2-6-11-8-13-11/h1,3,5,7,11H,2,4,6,8H2. The molecule has 1 fully saturated rings. The molecule has 1 aliphatic heterocycles. The third kappa shape index (κ3) is 3.12. The van der Waals surface area contributed by atoms with Crippen molar-refractivity contribution in [1.29, 1.82) is 0 Å².